The topological polar surface area (TPSA) is 41.4 Å². The number of ketones is 1. The first kappa shape index (κ1) is 20.6. The van der Waals surface area contributed by atoms with Gasteiger partial charge in [0.05, 0.1) is 0 Å². The second-order valence-electron chi connectivity index (χ2n) is 8.61. The summed E-state index contributed by atoms with van der Waals surface area (Å²) in [6.45, 7) is 3.92. The molecule has 0 radical (unpaired) electrons. The summed E-state index contributed by atoms with van der Waals surface area (Å²) in [4.78, 5) is 23.4. The van der Waals surface area contributed by atoms with Crippen LogP contribution >= 0.6 is 11.3 Å². The first-order chi connectivity index (χ1) is 15.3. The van der Waals surface area contributed by atoms with E-state index in [1.165, 1.54) is 32.1 Å². The zero-order valence-corrected chi connectivity index (χ0v) is 18.7. The van der Waals surface area contributed by atoms with Gasteiger partial charge in [0, 0.05) is 44.6 Å². The van der Waals surface area contributed by atoms with Crippen molar-refractivity contribution in [3.8, 4) is 5.00 Å². The molecule has 3 aromatic rings. The number of Topliss-reactive ketones (excluding diaryl/α,β-unsaturated/α-hetero) is 1. The van der Waals surface area contributed by atoms with Gasteiger partial charge in [-0.05, 0) is 35.9 Å². The zero-order chi connectivity index (χ0) is 21.0. The van der Waals surface area contributed by atoms with Crippen LogP contribution in [0.5, 0.6) is 0 Å². The second-order valence-corrected chi connectivity index (χ2v) is 9.54. The Balaban J connectivity index is 1.39. The van der Waals surface area contributed by atoms with Crippen LogP contribution in [0.15, 0.2) is 60.2 Å². The van der Waals surface area contributed by atoms with Crippen molar-refractivity contribution >= 4 is 17.1 Å². The summed E-state index contributed by atoms with van der Waals surface area (Å²) in [6, 6.07) is 14.7. The maximum absolute atomic E-state index is 13.9. The number of rotatable bonds is 6. The molecule has 2 aliphatic rings. The highest BCUT2D eigenvalue weighted by Crippen LogP contribution is 2.30. The van der Waals surface area contributed by atoms with Gasteiger partial charge in [-0.3, -0.25) is 19.2 Å². The number of aromatic nitrogens is 2. The molecule has 1 aliphatic heterocycles. The Morgan fingerprint density at radius 3 is 2.45 bits per heavy atom. The average molecular weight is 435 g/mol. The maximum Gasteiger partial charge on any atom is 0.220 e. The summed E-state index contributed by atoms with van der Waals surface area (Å²) in [7, 11) is 0. The van der Waals surface area contributed by atoms with Crippen LogP contribution in [0.25, 0.3) is 5.00 Å². The summed E-state index contributed by atoms with van der Waals surface area (Å²) in [5.41, 5.74) is 1.05. The van der Waals surface area contributed by atoms with E-state index >= 15 is 0 Å². The molecule has 162 valence electrons. The van der Waals surface area contributed by atoms with E-state index in [0.29, 0.717) is 5.82 Å². The third-order valence-electron chi connectivity index (χ3n) is 6.77. The van der Waals surface area contributed by atoms with Gasteiger partial charge in [0.15, 0.2) is 5.82 Å². The van der Waals surface area contributed by atoms with Crippen LogP contribution in [0, 0.1) is 0 Å². The standard InChI is InChI=1S/C25H30N4OS/c30-24(25-26-13-14-29(25)22-12-7-19-31-22)23(20-8-3-1-4-9-20)28-17-15-27(16-18-28)21-10-5-2-6-11-21/h1,3-4,7-9,12-14,19,21,23H,2,5-6,10-11,15-18H2/t23-/m0/s1. The maximum atomic E-state index is 13.9. The van der Waals surface area contributed by atoms with E-state index in [2.05, 4.69) is 26.9 Å². The van der Waals surface area contributed by atoms with E-state index < -0.39 is 0 Å². The van der Waals surface area contributed by atoms with Gasteiger partial charge in [0.25, 0.3) is 0 Å². The smallest absolute Gasteiger partial charge is 0.220 e. The molecule has 0 unspecified atom stereocenters. The lowest BCUT2D eigenvalue weighted by Crippen LogP contribution is -2.52. The van der Waals surface area contributed by atoms with Crippen molar-refractivity contribution in [1.29, 1.82) is 0 Å². The number of piperazine rings is 1. The van der Waals surface area contributed by atoms with Crippen LogP contribution in [0.4, 0.5) is 0 Å². The van der Waals surface area contributed by atoms with Gasteiger partial charge < -0.3 is 0 Å². The molecule has 5 rings (SSSR count). The monoisotopic (exact) mass is 434 g/mol. The normalized spacial score (nSPS) is 20.0. The Kier molecular flexibility index (Phi) is 6.30. The van der Waals surface area contributed by atoms with Gasteiger partial charge in [0.1, 0.15) is 11.0 Å². The minimum absolute atomic E-state index is 0.0794. The number of nitrogens with zero attached hydrogens (tertiary/aromatic N) is 4. The van der Waals surface area contributed by atoms with Gasteiger partial charge in [-0.1, -0.05) is 49.6 Å². The van der Waals surface area contributed by atoms with Gasteiger partial charge >= 0.3 is 0 Å². The van der Waals surface area contributed by atoms with E-state index in [1.54, 1.807) is 17.5 Å². The molecule has 1 aromatic carbocycles. The number of hydrogen-bond donors (Lipinski definition) is 0. The highest BCUT2D eigenvalue weighted by Gasteiger charge is 2.34. The molecule has 6 heteroatoms. The Morgan fingerprint density at radius 1 is 0.968 bits per heavy atom. The molecular formula is C25H30N4OS. The molecule has 0 bridgehead atoms. The quantitative estimate of drug-likeness (QED) is 0.522. The molecule has 31 heavy (non-hydrogen) atoms. The predicted molar refractivity (Wildman–Crippen MR) is 125 cm³/mol. The largest absolute Gasteiger partial charge is 0.298 e. The molecule has 1 saturated heterocycles. The van der Waals surface area contributed by atoms with Gasteiger partial charge in [-0.25, -0.2) is 4.98 Å². The molecule has 2 fully saturated rings. The molecule has 2 aromatic heterocycles. The average Bonchev–Trinajstić information content (AvgIpc) is 3.53. The zero-order valence-electron chi connectivity index (χ0n) is 17.9. The highest BCUT2D eigenvalue weighted by atomic mass is 32.1. The first-order valence-electron chi connectivity index (χ1n) is 11.5. The second kappa shape index (κ2) is 9.47. The van der Waals surface area contributed by atoms with Crippen molar-refractivity contribution in [2.45, 2.75) is 44.2 Å². The fourth-order valence-electron chi connectivity index (χ4n) is 5.16. The molecule has 5 nitrogen and oxygen atoms in total. The van der Waals surface area contributed by atoms with Crippen molar-refractivity contribution < 1.29 is 4.79 Å². The van der Waals surface area contributed by atoms with E-state index in [4.69, 9.17) is 0 Å². The van der Waals surface area contributed by atoms with Crippen LogP contribution in [0.3, 0.4) is 0 Å². The van der Waals surface area contributed by atoms with Crippen LogP contribution in [0.1, 0.15) is 54.3 Å². The number of benzene rings is 1. The van der Waals surface area contributed by atoms with Gasteiger partial charge in [-0.2, -0.15) is 0 Å². The Hall–Kier alpha value is -2.28. The summed E-state index contributed by atoms with van der Waals surface area (Å²) in [5.74, 6) is 0.599. The summed E-state index contributed by atoms with van der Waals surface area (Å²) < 4.78 is 1.93. The van der Waals surface area contributed by atoms with Crippen LogP contribution in [-0.4, -0.2) is 57.4 Å². The first-order valence-corrected chi connectivity index (χ1v) is 12.3. The van der Waals surface area contributed by atoms with Crippen LogP contribution in [-0.2, 0) is 0 Å². The molecule has 1 saturated carbocycles. The molecular weight excluding hydrogens is 404 g/mol. The third-order valence-corrected chi connectivity index (χ3v) is 7.64. The van der Waals surface area contributed by atoms with Crippen molar-refractivity contribution in [2.24, 2.45) is 0 Å². The van der Waals surface area contributed by atoms with Gasteiger partial charge in [-0.15, -0.1) is 11.3 Å². The lowest BCUT2D eigenvalue weighted by Gasteiger charge is -2.43. The van der Waals surface area contributed by atoms with Crippen molar-refractivity contribution in [3.63, 3.8) is 0 Å². The van der Waals surface area contributed by atoms with Crippen molar-refractivity contribution in [3.05, 3.63) is 71.6 Å². The Morgan fingerprint density at radius 2 is 1.74 bits per heavy atom. The van der Waals surface area contributed by atoms with Gasteiger partial charge in [0.2, 0.25) is 5.78 Å². The van der Waals surface area contributed by atoms with Crippen molar-refractivity contribution in [1.82, 2.24) is 19.4 Å². The SMILES string of the molecule is O=C(c1nccn1-c1cccs1)[C@H](c1ccccc1)N1CCN(C2CCCCC2)CC1. The number of imidazole rings is 1. The number of carbonyl (C=O) groups excluding carboxylic acids is 1. The molecule has 1 atom stereocenters. The predicted octanol–water partition coefficient (Wildman–Crippen LogP) is 4.81. The fourth-order valence-corrected chi connectivity index (χ4v) is 5.88. The van der Waals surface area contributed by atoms with E-state index in [1.807, 2.05) is 46.5 Å². The Labute approximate surface area is 188 Å². The summed E-state index contributed by atoms with van der Waals surface area (Å²) in [5, 5.41) is 3.05. The molecule has 0 N–H and O–H groups in total. The van der Waals surface area contributed by atoms with E-state index in [-0.39, 0.29) is 11.8 Å². The van der Waals surface area contributed by atoms with E-state index in [0.717, 1.165) is 42.8 Å². The van der Waals surface area contributed by atoms with Crippen molar-refractivity contribution in [2.75, 3.05) is 26.2 Å². The molecule has 3 heterocycles. The number of carbonyl (C=O) groups is 1. The molecule has 0 spiro atoms. The highest BCUT2D eigenvalue weighted by molar-refractivity contribution is 7.12. The lowest BCUT2D eigenvalue weighted by molar-refractivity contribution is 0.0480. The molecule has 0 amide bonds. The minimum Gasteiger partial charge on any atom is -0.298 e. The fraction of sp³-hybridized carbons (Fsp3) is 0.440. The Bertz CT molecular complexity index is 970. The van der Waals surface area contributed by atoms with E-state index in [9.17, 15) is 4.79 Å². The number of thiophene rings is 1. The number of hydrogen-bond acceptors (Lipinski definition) is 5. The minimum atomic E-state index is -0.296. The molecule has 1 aliphatic carbocycles. The van der Waals surface area contributed by atoms with Crippen LogP contribution in [0.2, 0.25) is 0 Å². The van der Waals surface area contributed by atoms with Crippen LogP contribution < -0.4 is 0 Å². The third kappa shape index (κ3) is 4.38. The lowest BCUT2D eigenvalue weighted by atomic mass is 9.93. The summed E-state index contributed by atoms with van der Waals surface area (Å²) in [6.07, 6.45) is 10.4. The summed E-state index contributed by atoms with van der Waals surface area (Å²) >= 11 is 1.62.